The fraction of sp³-hybridized carbons (Fsp3) is 0.103. The number of nitrogens with two attached hydrogens (primary N) is 2. The maximum Gasteiger partial charge on any atom is 0.264 e. The van der Waals surface area contributed by atoms with E-state index >= 15 is 0 Å². The number of hydrogen-bond donors (Lipinski definition) is 2. The van der Waals surface area contributed by atoms with Crippen molar-refractivity contribution in [3.63, 3.8) is 0 Å². The van der Waals surface area contributed by atoms with Crippen LogP contribution in [0.3, 0.4) is 0 Å². The van der Waals surface area contributed by atoms with E-state index in [0.29, 0.717) is 21.6 Å². The van der Waals surface area contributed by atoms with Crippen molar-refractivity contribution >= 4 is 39.5 Å². The Balaban J connectivity index is 0.000000207. The van der Waals surface area contributed by atoms with Gasteiger partial charge in [0.2, 0.25) is 0 Å². The monoisotopic (exact) mass is 548 g/mol. The van der Waals surface area contributed by atoms with Gasteiger partial charge in [-0.3, -0.25) is 14.2 Å². The molecule has 0 aliphatic carbocycles. The summed E-state index contributed by atoms with van der Waals surface area (Å²) in [5.41, 5.74) is 13.6. The van der Waals surface area contributed by atoms with Crippen molar-refractivity contribution in [2.75, 3.05) is 5.73 Å². The van der Waals surface area contributed by atoms with Crippen LogP contribution in [0.4, 0.5) is 5.82 Å². The molecule has 0 aliphatic heterocycles. The van der Waals surface area contributed by atoms with Gasteiger partial charge in [0.15, 0.2) is 16.5 Å². The summed E-state index contributed by atoms with van der Waals surface area (Å²) in [6.07, 6.45) is 3.95. The number of pyridine rings is 1. The van der Waals surface area contributed by atoms with Crippen LogP contribution in [0.1, 0.15) is 38.6 Å². The highest BCUT2D eigenvalue weighted by molar-refractivity contribution is 7.11. The van der Waals surface area contributed by atoms with E-state index in [1.54, 1.807) is 23.0 Å². The first kappa shape index (κ1) is 26.3. The van der Waals surface area contributed by atoms with E-state index in [2.05, 4.69) is 45.1 Å². The van der Waals surface area contributed by atoms with Crippen molar-refractivity contribution in [2.45, 2.75) is 20.3 Å². The summed E-state index contributed by atoms with van der Waals surface area (Å²) >= 11 is 1.44. The number of carbonyl (C=O) groups excluding carboxylic acids is 1. The summed E-state index contributed by atoms with van der Waals surface area (Å²) in [5.74, 6) is 5.64. The molecule has 0 saturated carbocycles. The van der Waals surface area contributed by atoms with E-state index in [0.717, 1.165) is 28.2 Å². The quantitative estimate of drug-likeness (QED) is 0.322. The fourth-order valence-corrected chi connectivity index (χ4v) is 4.79. The van der Waals surface area contributed by atoms with E-state index in [1.165, 1.54) is 15.9 Å². The first-order valence-corrected chi connectivity index (χ1v) is 13.1. The summed E-state index contributed by atoms with van der Waals surface area (Å²) in [5, 5.41) is 14.9. The van der Waals surface area contributed by atoms with Crippen LogP contribution in [0.15, 0.2) is 77.9 Å². The SMILES string of the molecule is CCc1cc2cccc(C#Cc3nnc(C)s3)c2c(=O)n1-c1ccccc1.NC(=O)c1c(N)nn2cccnc12. The van der Waals surface area contributed by atoms with E-state index < -0.39 is 5.91 Å². The summed E-state index contributed by atoms with van der Waals surface area (Å²) in [4.78, 5) is 28.3. The molecule has 0 bridgehead atoms. The lowest BCUT2D eigenvalue weighted by molar-refractivity contribution is 0.100. The van der Waals surface area contributed by atoms with Gasteiger partial charge in [-0.05, 0) is 55.0 Å². The molecule has 6 rings (SSSR count). The Bertz CT molecular complexity index is 1980. The zero-order chi connectivity index (χ0) is 28.2. The lowest BCUT2D eigenvalue weighted by Crippen LogP contribution is -2.22. The Morgan fingerprint density at radius 1 is 1.05 bits per heavy atom. The highest BCUT2D eigenvalue weighted by Gasteiger charge is 2.15. The van der Waals surface area contributed by atoms with Gasteiger partial charge in [0.25, 0.3) is 11.5 Å². The number of nitrogen functional groups attached to an aromatic ring is 1. The van der Waals surface area contributed by atoms with Crippen molar-refractivity contribution in [1.29, 1.82) is 0 Å². The van der Waals surface area contributed by atoms with Gasteiger partial charge in [0.05, 0.1) is 5.39 Å². The van der Waals surface area contributed by atoms with Gasteiger partial charge in [-0.15, -0.1) is 15.3 Å². The lowest BCUT2D eigenvalue weighted by atomic mass is 10.0. The number of anilines is 1. The highest BCUT2D eigenvalue weighted by Crippen LogP contribution is 2.20. The van der Waals surface area contributed by atoms with Crippen LogP contribution in [0, 0.1) is 18.8 Å². The van der Waals surface area contributed by atoms with Gasteiger partial charge in [0, 0.05) is 29.3 Å². The Labute approximate surface area is 232 Å². The maximum absolute atomic E-state index is 13.4. The number of rotatable bonds is 3. The molecule has 0 unspecified atom stereocenters. The molecule has 0 atom stereocenters. The number of hydrogen-bond acceptors (Lipinski definition) is 8. The van der Waals surface area contributed by atoms with Crippen LogP contribution < -0.4 is 17.0 Å². The van der Waals surface area contributed by atoms with Gasteiger partial charge in [0.1, 0.15) is 10.6 Å². The minimum Gasteiger partial charge on any atom is -0.381 e. The molecular weight excluding hydrogens is 524 g/mol. The molecular formula is C29H24N8O2S. The lowest BCUT2D eigenvalue weighted by Gasteiger charge is -2.14. The second kappa shape index (κ2) is 11.2. The van der Waals surface area contributed by atoms with Gasteiger partial charge in [-0.1, -0.05) is 54.5 Å². The van der Waals surface area contributed by atoms with Gasteiger partial charge < -0.3 is 11.5 Å². The Morgan fingerprint density at radius 2 is 1.85 bits per heavy atom. The standard InChI is InChI=1S/C22H17N3OS.C7H7N5O/c1-3-18-14-17-9-7-8-16(12-13-20-24-23-15(2)27-20)21(17)22(26)25(18)19-10-5-4-6-11-19;8-5-4(6(9)13)7-10-2-1-3-12(7)11-5/h4-11,14H,3H2,1-2H3;1-3H,(H2,8,11)(H2,9,13). The predicted octanol–water partition coefficient (Wildman–Crippen LogP) is 3.52. The molecule has 4 aromatic heterocycles. The van der Waals surface area contributed by atoms with Crippen LogP contribution in [0.25, 0.3) is 22.1 Å². The summed E-state index contributed by atoms with van der Waals surface area (Å²) in [7, 11) is 0. The molecule has 1 amide bonds. The molecule has 0 aliphatic rings. The smallest absolute Gasteiger partial charge is 0.264 e. The number of amides is 1. The highest BCUT2D eigenvalue weighted by atomic mass is 32.1. The van der Waals surface area contributed by atoms with Crippen molar-refractivity contribution in [3.8, 4) is 17.5 Å². The van der Waals surface area contributed by atoms with E-state index in [1.807, 2.05) is 55.5 Å². The number of benzene rings is 2. The third-order valence-electron chi connectivity index (χ3n) is 6.00. The summed E-state index contributed by atoms with van der Waals surface area (Å²) < 4.78 is 3.19. The average Bonchev–Trinajstić information content (AvgIpc) is 3.53. The van der Waals surface area contributed by atoms with Gasteiger partial charge in [-0.25, -0.2) is 9.50 Å². The Hall–Kier alpha value is -5.34. The normalized spacial score (nSPS) is 10.6. The molecule has 6 aromatic rings. The largest absolute Gasteiger partial charge is 0.381 e. The third kappa shape index (κ3) is 5.16. The maximum atomic E-state index is 13.4. The van der Waals surface area contributed by atoms with Crippen LogP contribution in [-0.2, 0) is 6.42 Å². The Morgan fingerprint density at radius 3 is 2.55 bits per heavy atom. The van der Waals surface area contributed by atoms with Crippen molar-refractivity contribution < 1.29 is 4.79 Å². The minimum atomic E-state index is -0.619. The van der Waals surface area contributed by atoms with E-state index in [9.17, 15) is 9.59 Å². The number of para-hydroxylation sites is 1. The second-order valence-electron chi connectivity index (χ2n) is 8.62. The van der Waals surface area contributed by atoms with Crippen LogP contribution >= 0.6 is 11.3 Å². The molecule has 10 nitrogen and oxygen atoms in total. The Kier molecular flexibility index (Phi) is 7.35. The molecule has 0 radical (unpaired) electrons. The first-order valence-electron chi connectivity index (χ1n) is 12.3. The molecule has 198 valence electrons. The number of primary amides is 1. The van der Waals surface area contributed by atoms with Crippen molar-refractivity contribution in [1.82, 2.24) is 29.4 Å². The molecule has 0 fully saturated rings. The number of aryl methyl sites for hydroxylation is 2. The fourth-order valence-electron chi connectivity index (χ4n) is 4.25. The molecule has 0 spiro atoms. The van der Waals surface area contributed by atoms with Crippen LogP contribution in [0.2, 0.25) is 0 Å². The number of carbonyl (C=O) groups is 1. The number of nitrogens with zero attached hydrogens (tertiary/aromatic N) is 6. The molecule has 4 heterocycles. The topological polar surface area (TPSA) is 147 Å². The first-order chi connectivity index (χ1) is 19.4. The van der Waals surface area contributed by atoms with Crippen LogP contribution in [-0.4, -0.2) is 35.3 Å². The van der Waals surface area contributed by atoms with Gasteiger partial charge in [-0.2, -0.15) is 0 Å². The zero-order valence-corrected chi connectivity index (χ0v) is 22.5. The number of fused-ring (bicyclic) bond motifs is 2. The van der Waals surface area contributed by atoms with Crippen molar-refractivity contribution in [2.24, 2.45) is 5.73 Å². The van der Waals surface area contributed by atoms with Crippen molar-refractivity contribution in [3.05, 3.63) is 110 Å². The zero-order valence-electron chi connectivity index (χ0n) is 21.7. The molecule has 2 aromatic carbocycles. The van der Waals surface area contributed by atoms with Crippen LogP contribution in [0.5, 0.6) is 0 Å². The summed E-state index contributed by atoms with van der Waals surface area (Å²) in [6.45, 7) is 3.95. The predicted molar refractivity (Wildman–Crippen MR) is 155 cm³/mol. The molecule has 4 N–H and O–H groups in total. The molecule has 40 heavy (non-hydrogen) atoms. The van der Waals surface area contributed by atoms with E-state index in [4.69, 9.17) is 11.5 Å². The second-order valence-corrected chi connectivity index (χ2v) is 9.81. The van der Waals surface area contributed by atoms with E-state index in [-0.39, 0.29) is 16.9 Å². The molecule has 0 saturated heterocycles. The number of aromatic nitrogens is 6. The van der Waals surface area contributed by atoms with Gasteiger partial charge >= 0.3 is 0 Å². The minimum absolute atomic E-state index is 0.0473. The molecule has 11 heteroatoms. The average molecular weight is 549 g/mol. The third-order valence-corrected chi connectivity index (χ3v) is 6.75. The summed E-state index contributed by atoms with van der Waals surface area (Å²) in [6, 6.07) is 19.3.